The standard InChI is InChI=1S/C16H25N3O.3ClH/c1-18(2)13-5-6-14(15(11-13)19(3)4)16(20)12-7-9-17-10-8-12;;;/h5-6,11-12,17H,7-10H2,1-4H3;3*1H. The molecule has 0 spiro atoms. The molecule has 23 heavy (non-hydrogen) atoms. The van der Waals surface area contributed by atoms with Crippen LogP contribution in [0.3, 0.4) is 0 Å². The molecule has 0 amide bonds. The summed E-state index contributed by atoms with van der Waals surface area (Å²) in [7, 11) is 8.02. The molecule has 0 unspecified atom stereocenters. The van der Waals surface area contributed by atoms with Gasteiger partial charge in [-0.2, -0.15) is 0 Å². The number of piperidine rings is 1. The number of hydrogen-bond acceptors (Lipinski definition) is 4. The zero-order chi connectivity index (χ0) is 14.7. The molecule has 2 rings (SSSR count). The Balaban J connectivity index is 0. The van der Waals surface area contributed by atoms with E-state index in [-0.39, 0.29) is 43.1 Å². The second kappa shape index (κ2) is 11.0. The Kier molecular flexibility index (Phi) is 11.7. The number of anilines is 2. The van der Waals surface area contributed by atoms with Crippen molar-refractivity contribution in [3.05, 3.63) is 23.8 Å². The van der Waals surface area contributed by atoms with Gasteiger partial charge in [-0.15, -0.1) is 37.2 Å². The van der Waals surface area contributed by atoms with Gasteiger partial charge in [-0.25, -0.2) is 0 Å². The van der Waals surface area contributed by atoms with Crippen LogP contribution in [0.4, 0.5) is 11.4 Å². The van der Waals surface area contributed by atoms with E-state index in [9.17, 15) is 4.79 Å². The third-order valence-corrected chi connectivity index (χ3v) is 3.95. The van der Waals surface area contributed by atoms with Gasteiger partial charge in [0.1, 0.15) is 0 Å². The molecule has 1 aromatic rings. The monoisotopic (exact) mass is 383 g/mol. The van der Waals surface area contributed by atoms with E-state index in [1.54, 1.807) is 0 Å². The fraction of sp³-hybridized carbons (Fsp3) is 0.562. The van der Waals surface area contributed by atoms with Crippen molar-refractivity contribution in [1.82, 2.24) is 5.32 Å². The summed E-state index contributed by atoms with van der Waals surface area (Å²) in [6.07, 6.45) is 1.89. The normalized spacial score (nSPS) is 13.9. The summed E-state index contributed by atoms with van der Waals surface area (Å²) >= 11 is 0. The zero-order valence-electron chi connectivity index (χ0n) is 14.2. The minimum atomic E-state index is 0. The van der Waals surface area contributed by atoms with Gasteiger partial charge in [0.15, 0.2) is 5.78 Å². The predicted molar refractivity (Wildman–Crippen MR) is 107 cm³/mol. The fourth-order valence-corrected chi connectivity index (χ4v) is 2.68. The van der Waals surface area contributed by atoms with Gasteiger partial charge in [0, 0.05) is 51.0 Å². The molecular weight excluding hydrogens is 357 g/mol. The summed E-state index contributed by atoms with van der Waals surface area (Å²) in [6, 6.07) is 6.10. The van der Waals surface area contributed by atoms with Crippen LogP contribution >= 0.6 is 37.2 Å². The molecule has 0 aromatic heterocycles. The summed E-state index contributed by atoms with van der Waals surface area (Å²) in [4.78, 5) is 16.8. The second-order valence-corrected chi connectivity index (χ2v) is 5.88. The molecule has 1 aliphatic rings. The lowest BCUT2D eigenvalue weighted by Crippen LogP contribution is -2.32. The van der Waals surface area contributed by atoms with Crippen molar-refractivity contribution in [2.75, 3.05) is 51.1 Å². The van der Waals surface area contributed by atoms with E-state index >= 15 is 0 Å². The van der Waals surface area contributed by atoms with Gasteiger partial charge < -0.3 is 15.1 Å². The molecular formula is C16H28Cl3N3O. The molecule has 0 radical (unpaired) electrons. The van der Waals surface area contributed by atoms with Crippen molar-refractivity contribution in [3.63, 3.8) is 0 Å². The van der Waals surface area contributed by atoms with Gasteiger partial charge in [-0.05, 0) is 44.1 Å². The van der Waals surface area contributed by atoms with Gasteiger partial charge in [-0.3, -0.25) is 4.79 Å². The van der Waals surface area contributed by atoms with Gasteiger partial charge in [-0.1, -0.05) is 0 Å². The van der Waals surface area contributed by atoms with Crippen molar-refractivity contribution in [2.24, 2.45) is 5.92 Å². The van der Waals surface area contributed by atoms with E-state index in [4.69, 9.17) is 0 Å². The van der Waals surface area contributed by atoms with Crippen molar-refractivity contribution in [1.29, 1.82) is 0 Å². The number of carbonyl (C=O) groups excluding carboxylic acids is 1. The third kappa shape index (κ3) is 6.03. The van der Waals surface area contributed by atoms with Crippen molar-refractivity contribution >= 4 is 54.4 Å². The van der Waals surface area contributed by atoms with Crippen molar-refractivity contribution in [2.45, 2.75) is 12.8 Å². The Morgan fingerprint density at radius 3 is 2.04 bits per heavy atom. The molecule has 7 heteroatoms. The highest BCUT2D eigenvalue weighted by molar-refractivity contribution is 6.03. The van der Waals surface area contributed by atoms with Crippen LogP contribution < -0.4 is 15.1 Å². The number of hydrogen-bond donors (Lipinski definition) is 1. The largest absolute Gasteiger partial charge is 0.378 e. The summed E-state index contributed by atoms with van der Waals surface area (Å²) in [6.45, 7) is 1.90. The number of carbonyl (C=O) groups is 1. The Morgan fingerprint density at radius 1 is 1.00 bits per heavy atom. The first-order chi connectivity index (χ1) is 9.50. The highest BCUT2D eigenvalue weighted by Gasteiger charge is 2.24. The smallest absolute Gasteiger partial charge is 0.168 e. The maximum absolute atomic E-state index is 12.7. The summed E-state index contributed by atoms with van der Waals surface area (Å²) in [5, 5.41) is 3.31. The minimum absolute atomic E-state index is 0. The van der Waals surface area contributed by atoms with E-state index < -0.39 is 0 Å². The Bertz CT molecular complexity index is 489. The Morgan fingerprint density at radius 2 is 1.57 bits per heavy atom. The Labute approximate surface area is 158 Å². The second-order valence-electron chi connectivity index (χ2n) is 5.88. The van der Waals surface area contributed by atoms with E-state index in [1.807, 2.05) is 45.2 Å². The molecule has 1 heterocycles. The average Bonchev–Trinajstić information content (AvgIpc) is 2.46. The highest BCUT2D eigenvalue weighted by Crippen LogP contribution is 2.29. The molecule has 1 N–H and O–H groups in total. The average molecular weight is 385 g/mol. The fourth-order valence-electron chi connectivity index (χ4n) is 2.68. The van der Waals surface area contributed by atoms with Crippen LogP contribution in [-0.4, -0.2) is 47.1 Å². The lowest BCUT2D eigenvalue weighted by atomic mass is 9.88. The van der Waals surface area contributed by atoms with Crippen LogP contribution in [0.5, 0.6) is 0 Å². The van der Waals surface area contributed by atoms with Crippen LogP contribution in [0.25, 0.3) is 0 Å². The number of halogens is 3. The SMILES string of the molecule is CN(C)c1ccc(C(=O)C2CCNCC2)c(N(C)C)c1.Cl.Cl.Cl. The molecule has 1 saturated heterocycles. The number of rotatable bonds is 4. The molecule has 0 bridgehead atoms. The van der Waals surface area contributed by atoms with Gasteiger partial charge in [0.25, 0.3) is 0 Å². The summed E-state index contributed by atoms with van der Waals surface area (Å²) < 4.78 is 0. The summed E-state index contributed by atoms with van der Waals surface area (Å²) in [5.41, 5.74) is 2.99. The van der Waals surface area contributed by atoms with Gasteiger partial charge >= 0.3 is 0 Å². The lowest BCUT2D eigenvalue weighted by molar-refractivity contribution is 0.0895. The van der Waals surface area contributed by atoms with E-state index in [0.717, 1.165) is 42.9 Å². The molecule has 4 nitrogen and oxygen atoms in total. The topological polar surface area (TPSA) is 35.6 Å². The van der Waals surface area contributed by atoms with Crippen LogP contribution in [-0.2, 0) is 0 Å². The Hall–Kier alpha value is -0.680. The van der Waals surface area contributed by atoms with E-state index in [0.29, 0.717) is 5.78 Å². The minimum Gasteiger partial charge on any atom is -0.378 e. The maximum atomic E-state index is 12.7. The molecule has 134 valence electrons. The maximum Gasteiger partial charge on any atom is 0.168 e. The first-order valence-corrected chi connectivity index (χ1v) is 7.24. The number of benzene rings is 1. The number of Topliss-reactive ketones (excluding diaryl/α,β-unsaturated/α-hetero) is 1. The molecule has 1 fully saturated rings. The van der Waals surface area contributed by atoms with Crippen molar-refractivity contribution < 1.29 is 4.79 Å². The quantitative estimate of drug-likeness (QED) is 0.808. The van der Waals surface area contributed by atoms with E-state index in [2.05, 4.69) is 16.3 Å². The molecule has 0 atom stereocenters. The first-order valence-electron chi connectivity index (χ1n) is 7.24. The van der Waals surface area contributed by atoms with Crippen LogP contribution in [0.2, 0.25) is 0 Å². The summed E-state index contributed by atoms with van der Waals surface area (Å²) in [5.74, 6) is 0.459. The van der Waals surface area contributed by atoms with Crippen molar-refractivity contribution in [3.8, 4) is 0 Å². The molecule has 0 saturated carbocycles. The number of ketones is 1. The number of nitrogens with one attached hydrogen (secondary N) is 1. The predicted octanol–water partition coefficient (Wildman–Crippen LogP) is 3.27. The molecule has 1 aromatic carbocycles. The zero-order valence-corrected chi connectivity index (χ0v) is 16.6. The number of nitrogens with zero attached hydrogens (tertiary/aromatic N) is 2. The van der Waals surface area contributed by atoms with Crippen LogP contribution in [0.1, 0.15) is 23.2 Å². The van der Waals surface area contributed by atoms with Crippen LogP contribution in [0.15, 0.2) is 18.2 Å². The highest BCUT2D eigenvalue weighted by atomic mass is 35.5. The third-order valence-electron chi connectivity index (χ3n) is 3.95. The first kappa shape index (κ1) is 24.6. The molecule has 1 aliphatic heterocycles. The molecule has 0 aliphatic carbocycles. The van der Waals surface area contributed by atoms with Gasteiger partial charge in [0.2, 0.25) is 0 Å². The van der Waals surface area contributed by atoms with Gasteiger partial charge in [0.05, 0.1) is 0 Å². The van der Waals surface area contributed by atoms with E-state index in [1.165, 1.54) is 0 Å². The lowest BCUT2D eigenvalue weighted by Gasteiger charge is -2.25. The van der Waals surface area contributed by atoms with Crippen LogP contribution in [0, 0.1) is 5.92 Å².